The maximum absolute atomic E-state index is 12.9. The van der Waals surface area contributed by atoms with Crippen molar-refractivity contribution in [3.63, 3.8) is 0 Å². The molecule has 4 amide bonds. The number of hydrogen-bond acceptors (Lipinski definition) is 6. The Balaban J connectivity index is 1.18. The molecule has 206 valence electrons. The Bertz CT molecular complexity index is 1280. The summed E-state index contributed by atoms with van der Waals surface area (Å²) in [6, 6.07) is 19.8. The second-order valence-electron chi connectivity index (χ2n) is 9.45. The number of anilines is 2. The van der Waals surface area contributed by atoms with Crippen LogP contribution in [-0.4, -0.2) is 86.0 Å². The molecule has 3 aromatic carbocycles. The van der Waals surface area contributed by atoms with Crippen molar-refractivity contribution in [3.8, 4) is 0 Å². The Labute approximate surface area is 231 Å². The van der Waals surface area contributed by atoms with Crippen LogP contribution in [0.4, 0.5) is 11.4 Å². The van der Waals surface area contributed by atoms with Crippen molar-refractivity contribution in [1.29, 1.82) is 0 Å². The first kappa shape index (κ1) is 27.0. The Hall–Kier alpha value is -4.54. The van der Waals surface area contributed by atoms with Crippen molar-refractivity contribution in [2.45, 2.75) is 0 Å². The quantitative estimate of drug-likeness (QED) is 0.494. The molecule has 0 bridgehead atoms. The summed E-state index contributed by atoms with van der Waals surface area (Å²) < 4.78 is 10.6. The molecule has 0 unspecified atom stereocenters. The van der Waals surface area contributed by atoms with Crippen LogP contribution in [0.3, 0.4) is 0 Å². The Kier molecular flexibility index (Phi) is 8.48. The van der Waals surface area contributed by atoms with Crippen LogP contribution in [0, 0.1) is 0 Å². The second-order valence-corrected chi connectivity index (χ2v) is 9.45. The Morgan fingerprint density at radius 3 is 1.27 bits per heavy atom. The van der Waals surface area contributed by atoms with Crippen molar-refractivity contribution >= 4 is 35.0 Å². The summed E-state index contributed by atoms with van der Waals surface area (Å²) in [4.78, 5) is 54.5. The number of nitrogens with zero attached hydrogens (tertiary/aromatic N) is 2. The second kappa shape index (κ2) is 12.5. The number of amides is 4. The molecule has 5 rings (SSSR count). The van der Waals surface area contributed by atoms with E-state index in [2.05, 4.69) is 10.6 Å². The molecule has 2 aliphatic heterocycles. The van der Waals surface area contributed by atoms with E-state index >= 15 is 0 Å². The fourth-order valence-corrected chi connectivity index (χ4v) is 4.50. The molecule has 0 saturated carbocycles. The molecule has 10 nitrogen and oxygen atoms in total. The average Bonchev–Trinajstić information content (AvgIpc) is 3.02. The van der Waals surface area contributed by atoms with E-state index < -0.39 is 0 Å². The van der Waals surface area contributed by atoms with Crippen LogP contribution in [0.1, 0.15) is 41.4 Å². The predicted molar refractivity (Wildman–Crippen MR) is 149 cm³/mol. The van der Waals surface area contributed by atoms with Gasteiger partial charge in [-0.15, -0.1) is 0 Å². The summed E-state index contributed by atoms with van der Waals surface area (Å²) in [6.45, 7) is 4.34. The SMILES string of the molecule is O=C(Nc1ccc(C(=O)N2CCOCC2)cc1)c1cccc(C(=O)Nc2ccc(C(=O)N3CCOCC3)cc2)c1. The number of carbonyl (C=O) groups is 4. The van der Waals surface area contributed by atoms with Gasteiger partial charge in [0.05, 0.1) is 26.4 Å². The molecule has 0 aromatic heterocycles. The van der Waals surface area contributed by atoms with E-state index in [0.29, 0.717) is 86.2 Å². The molecule has 2 aliphatic rings. The van der Waals surface area contributed by atoms with Gasteiger partial charge in [-0.1, -0.05) is 6.07 Å². The molecular formula is C30H30N4O6. The molecule has 10 heteroatoms. The average molecular weight is 543 g/mol. The van der Waals surface area contributed by atoms with Crippen LogP contribution >= 0.6 is 0 Å². The number of rotatable bonds is 6. The predicted octanol–water partition coefficient (Wildman–Crippen LogP) is 3.14. The van der Waals surface area contributed by atoms with Gasteiger partial charge in [0, 0.05) is 59.8 Å². The normalized spacial score (nSPS) is 15.3. The molecule has 2 saturated heterocycles. The van der Waals surface area contributed by atoms with Crippen molar-refractivity contribution in [1.82, 2.24) is 9.80 Å². The van der Waals surface area contributed by atoms with Gasteiger partial charge in [0.15, 0.2) is 0 Å². The molecule has 3 aromatic rings. The van der Waals surface area contributed by atoms with Gasteiger partial charge < -0.3 is 29.9 Å². The van der Waals surface area contributed by atoms with Crippen LogP contribution < -0.4 is 10.6 Å². The van der Waals surface area contributed by atoms with Crippen LogP contribution in [0.2, 0.25) is 0 Å². The van der Waals surface area contributed by atoms with Crippen LogP contribution in [-0.2, 0) is 9.47 Å². The maximum Gasteiger partial charge on any atom is 0.255 e. The van der Waals surface area contributed by atoms with Gasteiger partial charge in [0.25, 0.3) is 23.6 Å². The molecule has 2 fully saturated rings. The third-order valence-corrected chi connectivity index (χ3v) is 6.76. The lowest BCUT2D eigenvalue weighted by atomic mass is 10.1. The Morgan fingerprint density at radius 1 is 0.525 bits per heavy atom. The summed E-state index contributed by atoms with van der Waals surface area (Å²) in [6.07, 6.45) is 0. The molecule has 40 heavy (non-hydrogen) atoms. The fourth-order valence-electron chi connectivity index (χ4n) is 4.50. The van der Waals surface area contributed by atoms with Crippen molar-refractivity contribution < 1.29 is 28.7 Å². The van der Waals surface area contributed by atoms with Gasteiger partial charge in [-0.2, -0.15) is 0 Å². The maximum atomic E-state index is 12.9. The topological polar surface area (TPSA) is 117 Å². The summed E-state index contributed by atoms with van der Waals surface area (Å²) in [5.74, 6) is -0.905. The number of ether oxygens (including phenoxy) is 2. The minimum absolute atomic E-state index is 0.0711. The van der Waals surface area contributed by atoms with Gasteiger partial charge in [0.1, 0.15) is 0 Å². The summed E-state index contributed by atoms with van der Waals surface area (Å²) in [5.41, 5.74) is 2.77. The number of morpholine rings is 2. The summed E-state index contributed by atoms with van der Waals surface area (Å²) in [5, 5.41) is 5.61. The minimum Gasteiger partial charge on any atom is -0.378 e. The lowest BCUT2D eigenvalue weighted by Gasteiger charge is -2.26. The monoisotopic (exact) mass is 542 g/mol. The van der Waals surface area contributed by atoms with Crippen molar-refractivity contribution in [2.24, 2.45) is 0 Å². The smallest absolute Gasteiger partial charge is 0.255 e. The molecule has 0 spiro atoms. The number of nitrogens with one attached hydrogen (secondary N) is 2. The molecule has 0 radical (unpaired) electrons. The fraction of sp³-hybridized carbons (Fsp3) is 0.267. The van der Waals surface area contributed by atoms with Gasteiger partial charge in [-0.3, -0.25) is 19.2 Å². The van der Waals surface area contributed by atoms with Gasteiger partial charge >= 0.3 is 0 Å². The zero-order valence-corrected chi connectivity index (χ0v) is 21.9. The first-order chi connectivity index (χ1) is 19.5. The zero-order valence-electron chi connectivity index (χ0n) is 21.9. The molecule has 0 aliphatic carbocycles. The highest BCUT2D eigenvalue weighted by Crippen LogP contribution is 2.17. The third kappa shape index (κ3) is 6.53. The van der Waals surface area contributed by atoms with E-state index in [9.17, 15) is 19.2 Å². The van der Waals surface area contributed by atoms with E-state index in [1.165, 1.54) is 6.07 Å². The molecule has 2 N–H and O–H groups in total. The lowest BCUT2D eigenvalue weighted by Crippen LogP contribution is -2.40. The minimum atomic E-state index is -0.382. The summed E-state index contributed by atoms with van der Waals surface area (Å²) in [7, 11) is 0. The van der Waals surface area contributed by atoms with E-state index in [0.717, 1.165) is 0 Å². The Morgan fingerprint density at radius 2 is 0.900 bits per heavy atom. The van der Waals surface area contributed by atoms with E-state index in [1.54, 1.807) is 76.5 Å². The van der Waals surface area contributed by atoms with Crippen LogP contribution in [0.15, 0.2) is 72.8 Å². The number of hydrogen-bond donors (Lipinski definition) is 2. The van der Waals surface area contributed by atoms with E-state index in [-0.39, 0.29) is 23.6 Å². The van der Waals surface area contributed by atoms with Gasteiger partial charge in [0.2, 0.25) is 0 Å². The molecular weight excluding hydrogens is 512 g/mol. The van der Waals surface area contributed by atoms with Crippen LogP contribution in [0.5, 0.6) is 0 Å². The third-order valence-electron chi connectivity index (χ3n) is 6.76. The summed E-state index contributed by atoms with van der Waals surface area (Å²) >= 11 is 0. The molecule has 0 atom stereocenters. The highest BCUT2D eigenvalue weighted by Gasteiger charge is 2.20. The molecule has 2 heterocycles. The lowest BCUT2D eigenvalue weighted by molar-refractivity contribution is 0.0301. The first-order valence-electron chi connectivity index (χ1n) is 13.1. The highest BCUT2D eigenvalue weighted by atomic mass is 16.5. The zero-order chi connectivity index (χ0) is 27.9. The van der Waals surface area contributed by atoms with Crippen molar-refractivity contribution in [2.75, 3.05) is 63.2 Å². The van der Waals surface area contributed by atoms with Crippen LogP contribution in [0.25, 0.3) is 0 Å². The van der Waals surface area contributed by atoms with E-state index in [4.69, 9.17) is 9.47 Å². The first-order valence-corrected chi connectivity index (χ1v) is 13.1. The number of benzene rings is 3. The largest absolute Gasteiger partial charge is 0.378 e. The van der Waals surface area contributed by atoms with Crippen molar-refractivity contribution in [3.05, 3.63) is 95.1 Å². The standard InChI is InChI=1S/C30H30N4O6/c35-27(31-25-8-4-21(5-9-25)29(37)33-12-16-39-17-13-33)23-2-1-3-24(20-23)28(36)32-26-10-6-22(7-11-26)30(38)34-14-18-40-19-15-34/h1-11,20H,12-19H2,(H,31,35)(H,32,36). The van der Waals surface area contributed by atoms with Gasteiger partial charge in [-0.25, -0.2) is 0 Å². The van der Waals surface area contributed by atoms with E-state index in [1.807, 2.05) is 0 Å². The van der Waals surface area contributed by atoms with Gasteiger partial charge in [-0.05, 0) is 66.7 Å². The highest BCUT2D eigenvalue weighted by molar-refractivity contribution is 6.09. The number of carbonyl (C=O) groups excluding carboxylic acids is 4.